The number of benzene rings is 1. The molecule has 0 saturated heterocycles. The summed E-state index contributed by atoms with van der Waals surface area (Å²) in [5.74, 6) is -0.843. The number of nitrogens with zero attached hydrogens (tertiary/aromatic N) is 1. The fourth-order valence-corrected chi connectivity index (χ4v) is 4.68. The molecule has 7 heteroatoms. The lowest BCUT2D eigenvalue weighted by atomic mass is 10.1. The number of amides is 2. The second-order valence-electron chi connectivity index (χ2n) is 4.94. The zero-order valence-corrected chi connectivity index (χ0v) is 13.3. The van der Waals surface area contributed by atoms with Crippen molar-refractivity contribution in [2.75, 3.05) is 11.4 Å². The average Bonchev–Trinajstić information content (AvgIpc) is 3.00. The highest BCUT2D eigenvalue weighted by Gasteiger charge is 2.36. The molecule has 1 aromatic heterocycles. The Labute approximate surface area is 136 Å². The van der Waals surface area contributed by atoms with E-state index >= 15 is 0 Å². The van der Waals surface area contributed by atoms with E-state index < -0.39 is 11.9 Å². The summed E-state index contributed by atoms with van der Waals surface area (Å²) >= 11 is 3.12. The first-order valence-corrected chi connectivity index (χ1v) is 8.48. The van der Waals surface area contributed by atoms with Gasteiger partial charge in [-0.2, -0.15) is 0 Å². The molecule has 2 aromatic rings. The topological polar surface area (TPSA) is 89.4 Å². The fraction of sp³-hybridized carbons (Fsp3) is 0.200. The molecule has 0 fully saturated rings. The van der Waals surface area contributed by atoms with Crippen LogP contribution >= 0.6 is 23.1 Å². The Morgan fingerprint density at radius 2 is 2.00 bits per heavy atom. The maximum Gasteiger partial charge on any atom is 0.245 e. The lowest BCUT2D eigenvalue weighted by Crippen LogP contribution is -2.48. The van der Waals surface area contributed by atoms with Gasteiger partial charge in [0.2, 0.25) is 11.8 Å². The second kappa shape index (κ2) is 6.12. The molecule has 1 aromatic carbocycles. The van der Waals surface area contributed by atoms with Crippen LogP contribution in [0.5, 0.6) is 0 Å². The molecule has 2 atom stereocenters. The number of thioether (sulfide) groups is 1. The van der Waals surface area contributed by atoms with Gasteiger partial charge in [-0.1, -0.05) is 18.2 Å². The molecular weight excluding hydrogens is 318 g/mol. The minimum atomic E-state index is -0.726. The number of nitrogens with two attached hydrogens (primary N) is 2. The molecule has 4 N–H and O–H groups in total. The van der Waals surface area contributed by atoms with Crippen molar-refractivity contribution in [2.24, 2.45) is 11.5 Å². The molecule has 0 spiro atoms. The maximum absolute atomic E-state index is 12.7. The molecule has 2 amide bonds. The van der Waals surface area contributed by atoms with Crippen LogP contribution in [0.2, 0.25) is 0 Å². The number of carbonyl (C=O) groups is 2. The zero-order valence-electron chi connectivity index (χ0n) is 11.6. The number of hydrogen-bond acceptors (Lipinski definition) is 5. The van der Waals surface area contributed by atoms with Crippen LogP contribution in [-0.2, 0) is 9.59 Å². The van der Waals surface area contributed by atoms with Crippen LogP contribution in [0.3, 0.4) is 0 Å². The van der Waals surface area contributed by atoms with Crippen molar-refractivity contribution >= 4 is 40.6 Å². The summed E-state index contributed by atoms with van der Waals surface area (Å²) in [5, 5.41) is 1.79. The number of thiophene rings is 1. The molecule has 0 bridgehead atoms. The first kappa shape index (κ1) is 15.1. The Bertz CT molecular complexity index is 703. The van der Waals surface area contributed by atoms with Crippen molar-refractivity contribution in [3.05, 3.63) is 46.7 Å². The van der Waals surface area contributed by atoms with E-state index in [9.17, 15) is 9.59 Å². The van der Waals surface area contributed by atoms with E-state index in [-0.39, 0.29) is 17.7 Å². The summed E-state index contributed by atoms with van der Waals surface area (Å²) in [6, 6.07) is 10.7. The van der Waals surface area contributed by atoms with Crippen LogP contribution in [0.1, 0.15) is 10.1 Å². The van der Waals surface area contributed by atoms with Gasteiger partial charge >= 0.3 is 0 Å². The molecule has 114 valence electrons. The van der Waals surface area contributed by atoms with Crippen LogP contribution in [0.25, 0.3) is 0 Å². The highest BCUT2D eigenvalue weighted by Crippen LogP contribution is 2.46. The van der Waals surface area contributed by atoms with E-state index in [1.165, 1.54) is 4.90 Å². The molecule has 2 heterocycles. The summed E-state index contributed by atoms with van der Waals surface area (Å²) < 4.78 is 0. The van der Waals surface area contributed by atoms with Crippen LogP contribution in [0.4, 0.5) is 5.69 Å². The molecule has 3 rings (SSSR count). The average molecular weight is 333 g/mol. The van der Waals surface area contributed by atoms with Gasteiger partial charge in [-0.15, -0.1) is 23.1 Å². The van der Waals surface area contributed by atoms with E-state index in [0.29, 0.717) is 5.69 Å². The van der Waals surface area contributed by atoms with Gasteiger partial charge in [-0.25, -0.2) is 0 Å². The third-order valence-electron chi connectivity index (χ3n) is 3.42. The molecule has 0 saturated carbocycles. The number of carbonyl (C=O) groups excluding carboxylic acids is 2. The Hall–Kier alpha value is -1.83. The van der Waals surface area contributed by atoms with Crippen LogP contribution in [0.15, 0.2) is 46.7 Å². The lowest BCUT2D eigenvalue weighted by Gasteiger charge is -2.24. The van der Waals surface area contributed by atoms with Crippen LogP contribution in [0, 0.1) is 0 Å². The minimum absolute atomic E-state index is 0.165. The summed E-state index contributed by atoms with van der Waals surface area (Å²) in [6.45, 7) is -0.165. The van der Waals surface area contributed by atoms with Crippen molar-refractivity contribution in [1.82, 2.24) is 0 Å². The molecule has 0 unspecified atom stereocenters. The summed E-state index contributed by atoms with van der Waals surface area (Å²) in [6.07, 6.45) is 0. The molecule has 0 aliphatic carbocycles. The third kappa shape index (κ3) is 2.75. The van der Waals surface area contributed by atoms with Crippen molar-refractivity contribution in [3.8, 4) is 0 Å². The molecule has 1 aliphatic heterocycles. The van der Waals surface area contributed by atoms with E-state index in [1.54, 1.807) is 23.1 Å². The molecule has 0 radical (unpaired) electrons. The Morgan fingerprint density at radius 1 is 1.23 bits per heavy atom. The number of fused-ring (bicyclic) bond motifs is 1. The highest BCUT2D eigenvalue weighted by molar-refractivity contribution is 8.00. The van der Waals surface area contributed by atoms with Crippen LogP contribution in [-0.4, -0.2) is 24.4 Å². The highest BCUT2D eigenvalue weighted by atomic mass is 32.2. The van der Waals surface area contributed by atoms with E-state index in [4.69, 9.17) is 11.5 Å². The Balaban J connectivity index is 2.07. The number of anilines is 1. The van der Waals surface area contributed by atoms with E-state index in [0.717, 1.165) is 9.77 Å². The third-order valence-corrected chi connectivity index (χ3v) is 5.93. The predicted molar refractivity (Wildman–Crippen MR) is 88.9 cm³/mol. The first-order chi connectivity index (χ1) is 10.6. The standard InChI is InChI=1S/C15H15N3O2S2/c16-12(19)8-18-9-4-1-2-5-10(9)22-14(13(17)15(18)20)11-6-3-7-21-11/h1-7,13-14H,8,17H2,(H2,16,19)/t13-,14-/m0/s1. The van der Waals surface area contributed by atoms with Gasteiger partial charge < -0.3 is 16.4 Å². The van der Waals surface area contributed by atoms with Crippen molar-refractivity contribution in [3.63, 3.8) is 0 Å². The SMILES string of the molecule is NC(=O)CN1C(=O)[C@@H](N)[C@H](c2cccs2)Sc2ccccc21. The van der Waals surface area contributed by atoms with Crippen molar-refractivity contribution < 1.29 is 9.59 Å². The maximum atomic E-state index is 12.7. The Morgan fingerprint density at radius 3 is 2.68 bits per heavy atom. The first-order valence-electron chi connectivity index (χ1n) is 6.72. The van der Waals surface area contributed by atoms with Gasteiger partial charge in [0, 0.05) is 9.77 Å². The van der Waals surface area contributed by atoms with Gasteiger partial charge in [0.25, 0.3) is 0 Å². The largest absolute Gasteiger partial charge is 0.368 e. The Kier molecular flexibility index (Phi) is 4.19. The molecular formula is C15H15N3O2S2. The van der Waals surface area contributed by atoms with Gasteiger partial charge in [0.1, 0.15) is 12.6 Å². The lowest BCUT2D eigenvalue weighted by molar-refractivity contribution is -0.123. The minimum Gasteiger partial charge on any atom is -0.368 e. The summed E-state index contributed by atoms with van der Waals surface area (Å²) in [5.41, 5.74) is 12.2. The number of primary amides is 1. The normalized spacial score (nSPS) is 21.3. The predicted octanol–water partition coefficient (Wildman–Crippen LogP) is 1.74. The number of hydrogen-bond donors (Lipinski definition) is 2. The molecule has 1 aliphatic rings. The number of para-hydroxylation sites is 1. The summed E-state index contributed by atoms with van der Waals surface area (Å²) in [4.78, 5) is 27.4. The summed E-state index contributed by atoms with van der Waals surface area (Å²) in [7, 11) is 0. The van der Waals surface area contributed by atoms with E-state index in [1.807, 2.05) is 41.8 Å². The second-order valence-corrected chi connectivity index (χ2v) is 7.10. The van der Waals surface area contributed by atoms with E-state index in [2.05, 4.69) is 0 Å². The van der Waals surface area contributed by atoms with Gasteiger partial charge in [0.05, 0.1) is 10.9 Å². The van der Waals surface area contributed by atoms with Gasteiger partial charge in [-0.05, 0) is 23.6 Å². The fourth-order valence-electron chi connectivity index (χ4n) is 2.43. The monoisotopic (exact) mass is 333 g/mol. The zero-order chi connectivity index (χ0) is 15.7. The van der Waals surface area contributed by atoms with Crippen molar-refractivity contribution in [2.45, 2.75) is 16.2 Å². The molecule has 22 heavy (non-hydrogen) atoms. The smallest absolute Gasteiger partial charge is 0.245 e. The van der Waals surface area contributed by atoms with Gasteiger partial charge in [0.15, 0.2) is 0 Å². The van der Waals surface area contributed by atoms with Crippen LogP contribution < -0.4 is 16.4 Å². The number of rotatable bonds is 3. The quantitative estimate of drug-likeness (QED) is 0.895. The van der Waals surface area contributed by atoms with Gasteiger partial charge in [-0.3, -0.25) is 9.59 Å². The van der Waals surface area contributed by atoms with Crippen molar-refractivity contribution in [1.29, 1.82) is 0 Å². The molecule has 5 nitrogen and oxygen atoms in total.